The fourth-order valence-electron chi connectivity index (χ4n) is 5.64. The summed E-state index contributed by atoms with van der Waals surface area (Å²) in [6.07, 6.45) is 4.82. The van der Waals surface area contributed by atoms with Crippen LogP contribution in [0.1, 0.15) is 61.1 Å². The summed E-state index contributed by atoms with van der Waals surface area (Å²) >= 11 is 0. The van der Waals surface area contributed by atoms with E-state index in [4.69, 9.17) is 19.6 Å². The number of hydrogen-bond donors (Lipinski definition) is 1. The Morgan fingerprint density at radius 2 is 1.84 bits per heavy atom. The van der Waals surface area contributed by atoms with Crippen molar-refractivity contribution in [3.63, 3.8) is 0 Å². The van der Waals surface area contributed by atoms with Crippen LogP contribution in [0, 0.1) is 12.8 Å². The molecule has 0 radical (unpaired) electrons. The number of pyridine rings is 1. The zero-order valence-electron chi connectivity index (χ0n) is 21.8. The number of carbonyl (C=O) groups is 1. The van der Waals surface area contributed by atoms with Gasteiger partial charge in [-0.05, 0) is 56.4 Å². The number of hydrogen-bond acceptors (Lipinski definition) is 7. The quantitative estimate of drug-likeness (QED) is 0.515. The van der Waals surface area contributed by atoms with Gasteiger partial charge in [-0.15, -0.1) is 0 Å². The molecule has 1 aromatic carbocycles. The Hall–Kier alpha value is -3.14. The number of nitrogens with zero attached hydrogens (tertiary/aromatic N) is 3. The lowest BCUT2D eigenvalue weighted by molar-refractivity contribution is 0.0912. The van der Waals surface area contributed by atoms with Crippen molar-refractivity contribution < 1.29 is 22.7 Å². The van der Waals surface area contributed by atoms with E-state index in [1.807, 2.05) is 19.1 Å². The number of amides is 1. The third-order valence-corrected chi connectivity index (χ3v) is 9.49. The van der Waals surface area contributed by atoms with Crippen LogP contribution in [0.2, 0.25) is 0 Å². The molecular formula is C27H34N4O5S. The predicted octanol–water partition coefficient (Wildman–Crippen LogP) is 4.09. The average Bonchev–Trinajstić information content (AvgIpc) is 3.42. The second-order valence-electron chi connectivity index (χ2n) is 10.3. The van der Waals surface area contributed by atoms with Gasteiger partial charge in [-0.25, -0.2) is 18.1 Å². The fraction of sp³-hybridized carbons (Fsp3) is 0.519. The molecule has 1 saturated carbocycles. The van der Waals surface area contributed by atoms with Gasteiger partial charge in [0.15, 0.2) is 27.0 Å². The molecule has 1 amide bonds. The molecule has 0 bridgehead atoms. The Kier molecular flexibility index (Phi) is 6.87. The normalized spacial score (nSPS) is 23.2. The highest BCUT2D eigenvalue weighted by Crippen LogP contribution is 2.35. The van der Waals surface area contributed by atoms with Gasteiger partial charge < -0.3 is 14.8 Å². The molecule has 3 heterocycles. The van der Waals surface area contributed by atoms with Crippen molar-refractivity contribution in [3.05, 3.63) is 35.5 Å². The van der Waals surface area contributed by atoms with Crippen molar-refractivity contribution in [2.75, 3.05) is 25.7 Å². The number of methoxy groups -OCH3 is 2. The van der Waals surface area contributed by atoms with E-state index >= 15 is 0 Å². The number of sulfone groups is 1. The lowest BCUT2D eigenvalue weighted by Crippen LogP contribution is -2.41. The molecule has 3 atom stereocenters. The third kappa shape index (κ3) is 4.91. The molecule has 1 N–H and O–H groups in total. The average molecular weight is 527 g/mol. The molecule has 198 valence electrons. The molecule has 37 heavy (non-hydrogen) atoms. The summed E-state index contributed by atoms with van der Waals surface area (Å²) in [5.41, 5.74) is 3.01. The summed E-state index contributed by atoms with van der Waals surface area (Å²) in [4.78, 5) is 18.7. The van der Waals surface area contributed by atoms with Crippen molar-refractivity contribution >= 4 is 26.8 Å². The molecule has 2 fully saturated rings. The first-order chi connectivity index (χ1) is 17.7. The van der Waals surface area contributed by atoms with Crippen LogP contribution in [-0.4, -0.2) is 60.9 Å². The molecule has 5 rings (SSSR count). The van der Waals surface area contributed by atoms with E-state index in [0.717, 1.165) is 24.8 Å². The number of carbonyl (C=O) groups excluding carboxylic acids is 1. The zero-order valence-corrected chi connectivity index (χ0v) is 22.6. The van der Waals surface area contributed by atoms with Crippen molar-refractivity contribution in [2.45, 2.75) is 58.0 Å². The molecule has 9 nitrogen and oxygen atoms in total. The van der Waals surface area contributed by atoms with E-state index in [2.05, 4.69) is 12.2 Å². The molecule has 1 saturated heterocycles. The Labute approximate surface area is 217 Å². The minimum absolute atomic E-state index is 0.0204. The number of benzene rings is 1. The summed E-state index contributed by atoms with van der Waals surface area (Å²) in [5, 5.41) is 8.64. The summed E-state index contributed by atoms with van der Waals surface area (Å²) < 4.78 is 37.1. The van der Waals surface area contributed by atoms with Gasteiger partial charge in [0, 0.05) is 11.6 Å². The van der Waals surface area contributed by atoms with Crippen LogP contribution in [0.3, 0.4) is 0 Å². The molecule has 0 spiro atoms. The van der Waals surface area contributed by atoms with E-state index in [1.54, 1.807) is 31.0 Å². The second-order valence-corrected chi connectivity index (χ2v) is 12.5. The van der Waals surface area contributed by atoms with Gasteiger partial charge in [-0.1, -0.05) is 19.8 Å². The summed E-state index contributed by atoms with van der Waals surface area (Å²) in [7, 11) is 0.0157. The van der Waals surface area contributed by atoms with Crippen LogP contribution in [0.5, 0.6) is 11.5 Å². The van der Waals surface area contributed by atoms with Gasteiger partial charge >= 0.3 is 0 Å². The molecule has 2 aliphatic rings. The molecule has 3 aromatic rings. The van der Waals surface area contributed by atoms with Gasteiger partial charge in [-0.2, -0.15) is 5.10 Å². The van der Waals surface area contributed by atoms with Crippen molar-refractivity contribution in [2.24, 2.45) is 5.92 Å². The van der Waals surface area contributed by atoms with Crippen molar-refractivity contribution in [1.82, 2.24) is 20.1 Å². The topological polar surface area (TPSA) is 112 Å². The van der Waals surface area contributed by atoms with E-state index in [1.165, 1.54) is 6.42 Å². The first-order valence-electron chi connectivity index (χ1n) is 12.8. The van der Waals surface area contributed by atoms with E-state index in [0.29, 0.717) is 51.8 Å². The minimum Gasteiger partial charge on any atom is -0.493 e. The number of rotatable bonds is 6. The highest BCUT2D eigenvalue weighted by Gasteiger charge is 2.33. The standard InChI is InChI=1S/C27H34N4O5S/c1-16-7-5-6-8-21(16)29-27(32)20-14-22(18-9-10-23(35-3)24(13-18)36-4)28-26-25(20)17(2)30-31(26)19-11-12-37(33,34)15-19/h9-10,13-14,16,19,21H,5-8,11-12,15H2,1-4H3,(H,29,32). The third-order valence-electron chi connectivity index (χ3n) is 7.74. The van der Waals surface area contributed by atoms with Gasteiger partial charge in [0.25, 0.3) is 5.91 Å². The van der Waals surface area contributed by atoms with Crippen LogP contribution in [-0.2, 0) is 9.84 Å². The van der Waals surface area contributed by atoms with Crippen LogP contribution in [0.15, 0.2) is 24.3 Å². The Bertz CT molecular complexity index is 1450. The fourth-order valence-corrected chi connectivity index (χ4v) is 7.33. The molecule has 1 aliphatic carbocycles. The van der Waals surface area contributed by atoms with Crippen LogP contribution < -0.4 is 14.8 Å². The van der Waals surface area contributed by atoms with Crippen LogP contribution >= 0.6 is 0 Å². The molecule has 2 aromatic heterocycles. The smallest absolute Gasteiger partial charge is 0.252 e. The summed E-state index contributed by atoms with van der Waals surface area (Å²) in [6.45, 7) is 4.03. The highest BCUT2D eigenvalue weighted by atomic mass is 32.2. The molecule has 1 aliphatic heterocycles. The van der Waals surface area contributed by atoms with Crippen LogP contribution in [0.25, 0.3) is 22.3 Å². The van der Waals surface area contributed by atoms with E-state index in [-0.39, 0.29) is 29.5 Å². The Morgan fingerprint density at radius 1 is 1.08 bits per heavy atom. The van der Waals surface area contributed by atoms with Crippen molar-refractivity contribution in [1.29, 1.82) is 0 Å². The monoisotopic (exact) mass is 526 g/mol. The Balaban J connectivity index is 1.65. The SMILES string of the molecule is COc1ccc(-c2cc(C(=O)NC3CCCCC3C)c3c(C)nn(C4CCS(=O)(=O)C4)c3n2)cc1OC. The number of aryl methyl sites for hydroxylation is 1. The summed E-state index contributed by atoms with van der Waals surface area (Å²) in [5.74, 6) is 1.54. The number of ether oxygens (including phenoxy) is 2. The second kappa shape index (κ2) is 9.96. The van der Waals surface area contributed by atoms with E-state index < -0.39 is 9.84 Å². The van der Waals surface area contributed by atoms with E-state index in [9.17, 15) is 13.2 Å². The van der Waals surface area contributed by atoms with Gasteiger partial charge in [0.1, 0.15) is 0 Å². The number of aromatic nitrogens is 3. The first kappa shape index (κ1) is 25.5. The number of nitrogens with one attached hydrogen (secondary N) is 1. The van der Waals surface area contributed by atoms with Crippen molar-refractivity contribution in [3.8, 4) is 22.8 Å². The highest BCUT2D eigenvalue weighted by molar-refractivity contribution is 7.91. The van der Waals surface area contributed by atoms with Gasteiger partial charge in [0.05, 0.1) is 54.1 Å². The lowest BCUT2D eigenvalue weighted by Gasteiger charge is -2.29. The maximum atomic E-state index is 13.7. The van der Waals surface area contributed by atoms with Gasteiger partial charge in [-0.3, -0.25) is 4.79 Å². The van der Waals surface area contributed by atoms with Crippen LogP contribution in [0.4, 0.5) is 0 Å². The maximum Gasteiger partial charge on any atom is 0.252 e. The zero-order chi connectivity index (χ0) is 26.3. The first-order valence-corrected chi connectivity index (χ1v) is 14.7. The molecule has 3 unspecified atom stereocenters. The summed E-state index contributed by atoms with van der Waals surface area (Å²) in [6, 6.07) is 7.10. The maximum absolute atomic E-state index is 13.7. The molecule has 10 heteroatoms. The Morgan fingerprint density at radius 3 is 2.51 bits per heavy atom. The minimum atomic E-state index is -3.13. The predicted molar refractivity (Wildman–Crippen MR) is 142 cm³/mol. The van der Waals surface area contributed by atoms with Gasteiger partial charge in [0.2, 0.25) is 0 Å². The molecular weight excluding hydrogens is 492 g/mol. The largest absolute Gasteiger partial charge is 0.493 e. The lowest BCUT2D eigenvalue weighted by atomic mass is 9.86. The number of fused-ring (bicyclic) bond motifs is 1.